The summed E-state index contributed by atoms with van der Waals surface area (Å²) >= 11 is 0. The molecule has 0 aromatic heterocycles. The van der Waals surface area contributed by atoms with Crippen molar-refractivity contribution in [2.24, 2.45) is 0 Å². The minimum absolute atomic E-state index is 0.298. The minimum Gasteiger partial charge on any atom is -0.466 e. The molecule has 1 heterocycles. The molecule has 5 rings (SSSR count). The first-order valence-electron chi connectivity index (χ1n) is 10.7. The van der Waals surface area contributed by atoms with Crippen LogP contribution >= 0.6 is 0 Å². The quantitative estimate of drug-likeness (QED) is 0.435. The normalized spacial score (nSPS) is 22.1. The van der Waals surface area contributed by atoms with Crippen molar-refractivity contribution in [1.82, 2.24) is 0 Å². The number of aryl methyl sites for hydroxylation is 1. The molecule has 2 aliphatic rings. The number of methoxy groups -OCH3 is 2. The second-order valence-corrected chi connectivity index (χ2v) is 8.24. The lowest BCUT2D eigenvalue weighted by molar-refractivity contribution is -0.190. The Bertz CT molecular complexity index is 1290. The molecule has 1 spiro atoms. The average molecular weight is 458 g/mol. The van der Waals surface area contributed by atoms with Gasteiger partial charge in [-0.15, -0.1) is 0 Å². The van der Waals surface area contributed by atoms with E-state index in [-0.39, 0.29) is 0 Å². The zero-order valence-electron chi connectivity index (χ0n) is 18.9. The molecule has 7 heteroatoms. The van der Waals surface area contributed by atoms with Crippen LogP contribution in [0, 0.1) is 6.92 Å². The minimum atomic E-state index is -2.53. The van der Waals surface area contributed by atoms with E-state index in [2.05, 4.69) is 0 Å². The molecular formula is C27H22O7. The average Bonchev–Trinajstić information content (AvgIpc) is 3.24. The third-order valence-electron chi connectivity index (χ3n) is 6.45. The Labute approximate surface area is 196 Å². The first-order valence-corrected chi connectivity index (χ1v) is 10.7. The van der Waals surface area contributed by atoms with Crippen molar-refractivity contribution in [3.05, 3.63) is 95.1 Å². The van der Waals surface area contributed by atoms with Crippen LogP contribution in [0.4, 0.5) is 0 Å². The number of hydrogen-bond donors (Lipinski definition) is 0. The number of Topliss-reactive ketones (excluding diaryl/α,β-unsaturated/α-hetero) is 1. The lowest BCUT2D eigenvalue weighted by Gasteiger charge is -2.41. The Morgan fingerprint density at radius 3 is 1.94 bits per heavy atom. The molecule has 2 atom stereocenters. The number of carbonyl (C=O) groups is 3. The number of esters is 2. The lowest BCUT2D eigenvalue weighted by Crippen LogP contribution is -2.65. The van der Waals surface area contributed by atoms with E-state index in [0.29, 0.717) is 27.8 Å². The molecule has 3 aromatic rings. The molecule has 0 radical (unpaired) electrons. The molecule has 34 heavy (non-hydrogen) atoms. The molecule has 0 saturated carbocycles. The van der Waals surface area contributed by atoms with Gasteiger partial charge >= 0.3 is 17.5 Å². The van der Waals surface area contributed by atoms with Crippen molar-refractivity contribution >= 4 is 17.7 Å². The molecule has 3 aromatic carbocycles. The Balaban J connectivity index is 1.85. The summed E-state index contributed by atoms with van der Waals surface area (Å²) < 4.78 is 22.6. The van der Waals surface area contributed by atoms with Gasteiger partial charge in [0.05, 0.1) is 14.2 Å². The maximum absolute atomic E-state index is 14.3. The Hall–Kier alpha value is -3.81. The van der Waals surface area contributed by atoms with Crippen molar-refractivity contribution in [1.29, 1.82) is 0 Å². The fraction of sp³-hybridized carbons (Fsp3) is 0.222. The fourth-order valence-corrected chi connectivity index (χ4v) is 4.84. The Morgan fingerprint density at radius 1 is 0.765 bits per heavy atom. The molecular weight excluding hydrogens is 436 g/mol. The summed E-state index contributed by atoms with van der Waals surface area (Å²) in [6, 6.07) is 21.2. The van der Waals surface area contributed by atoms with Crippen LogP contribution < -0.4 is 0 Å². The van der Waals surface area contributed by atoms with Gasteiger partial charge in [0.1, 0.15) is 0 Å². The number of ketones is 1. The molecule has 1 aliphatic heterocycles. The first kappa shape index (κ1) is 22.0. The summed E-state index contributed by atoms with van der Waals surface area (Å²) in [5.74, 6) is -2.76. The molecule has 1 fully saturated rings. The van der Waals surface area contributed by atoms with Gasteiger partial charge in [-0.25, -0.2) is 9.59 Å². The van der Waals surface area contributed by atoms with Crippen LogP contribution in [0.25, 0.3) is 11.1 Å². The van der Waals surface area contributed by atoms with Gasteiger partial charge < -0.3 is 18.9 Å². The van der Waals surface area contributed by atoms with Crippen molar-refractivity contribution in [2.75, 3.05) is 14.2 Å². The highest BCUT2D eigenvalue weighted by Gasteiger charge is 2.77. The monoisotopic (exact) mass is 458 g/mol. The summed E-state index contributed by atoms with van der Waals surface area (Å²) in [7, 11) is 2.24. The zero-order valence-corrected chi connectivity index (χ0v) is 18.9. The van der Waals surface area contributed by atoms with Crippen molar-refractivity contribution < 1.29 is 33.3 Å². The molecule has 1 aliphatic carbocycles. The van der Waals surface area contributed by atoms with Gasteiger partial charge in [0.25, 0.3) is 0 Å². The van der Waals surface area contributed by atoms with Crippen LogP contribution in [-0.2, 0) is 34.1 Å². The van der Waals surface area contributed by atoms with Gasteiger partial charge in [-0.3, -0.25) is 4.79 Å². The Morgan fingerprint density at radius 2 is 1.32 bits per heavy atom. The van der Waals surface area contributed by atoms with E-state index in [1.807, 2.05) is 43.3 Å². The number of hydrogen-bond acceptors (Lipinski definition) is 7. The van der Waals surface area contributed by atoms with Crippen LogP contribution in [0.3, 0.4) is 0 Å². The van der Waals surface area contributed by atoms with E-state index in [4.69, 9.17) is 18.9 Å². The summed E-state index contributed by atoms with van der Waals surface area (Å²) in [5, 5.41) is 0. The second-order valence-electron chi connectivity index (χ2n) is 8.24. The van der Waals surface area contributed by atoms with Gasteiger partial charge in [-0.2, -0.15) is 0 Å². The maximum atomic E-state index is 14.3. The van der Waals surface area contributed by atoms with E-state index in [1.54, 1.807) is 36.4 Å². The highest BCUT2D eigenvalue weighted by molar-refractivity contribution is 6.20. The molecule has 172 valence electrons. The highest BCUT2D eigenvalue weighted by atomic mass is 16.8. The van der Waals surface area contributed by atoms with Crippen molar-refractivity contribution in [3.63, 3.8) is 0 Å². The largest absolute Gasteiger partial charge is 0.466 e. The van der Waals surface area contributed by atoms with Gasteiger partial charge in [0.2, 0.25) is 11.4 Å². The van der Waals surface area contributed by atoms with Gasteiger partial charge in [0, 0.05) is 16.7 Å². The van der Waals surface area contributed by atoms with Crippen LogP contribution in [-0.4, -0.2) is 37.5 Å². The predicted octanol–water partition coefficient (Wildman–Crippen LogP) is 3.88. The molecule has 0 amide bonds. The smallest absolute Gasteiger partial charge is 0.354 e. The van der Waals surface area contributed by atoms with Crippen LogP contribution in [0.2, 0.25) is 0 Å². The standard InChI is InChI=1S/C27H22O7/c1-16-12-14-17(15-13-16)23-33-26(27(34-23,24(29)31-2)25(30)32-3)21-11-7-6-9-19(21)18-8-4-5-10-20(18)22(26)28/h4-15,23H,1-3H3/t23-,26+/m1/s1. The summed E-state index contributed by atoms with van der Waals surface area (Å²) in [6.07, 6.45) is -1.22. The van der Waals surface area contributed by atoms with Gasteiger partial charge in [-0.1, -0.05) is 78.4 Å². The van der Waals surface area contributed by atoms with Crippen LogP contribution in [0.1, 0.15) is 33.3 Å². The van der Waals surface area contributed by atoms with Crippen LogP contribution in [0.15, 0.2) is 72.8 Å². The highest BCUT2D eigenvalue weighted by Crippen LogP contribution is 2.58. The van der Waals surface area contributed by atoms with Crippen LogP contribution in [0.5, 0.6) is 0 Å². The summed E-state index contributed by atoms with van der Waals surface area (Å²) in [5.41, 5.74) is -1.25. The third-order valence-corrected chi connectivity index (χ3v) is 6.45. The number of ether oxygens (including phenoxy) is 4. The molecule has 0 bridgehead atoms. The predicted molar refractivity (Wildman–Crippen MR) is 121 cm³/mol. The van der Waals surface area contributed by atoms with E-state index in [1.165, 1.54) is 0 Å². The number of rotatable bonds is 3. The van der Waals surface area contributed by atoms with E-state index in [0.717, 1.165) is 19.8 Å². The van der Waals surface area contributed by atoms with E-state index < -0.39 is 35.2 Å². The molecule has 1 saturated heterocycles. The van der Waals surface area contributed by atoms with E-state index >= 15 is 0 Å². The number of carbonyl (C=O) groups excluding carboxylic acids is 3. The number of fused-ring (bicyclic) bond motifs is 4. The Kier molecular flexibility index (Phi) is 5.11. The fourth-order valence-electron chi connectivity index (χ4n) is 4.84. The molecule has 0 unspecified atom stereocenters. The van der Waals surface area contributed by atoms with E-state index in [9.17, 15) is 14.4 Å². The summed E-state index contributed by atoms with van der Waals surface area (Å²) in [4.78, 5) is 41.1. The molecule has 0 N–H and O–H groups in total. The van der Waals surface area contributed by atoms with Gasteiger partial charge in [-0.05, 0) is 18.1 Å². The summed E-state index contributed by atoms with van der Waals surface area (Å²) in [6.45, 7) is 1.92. The maximum Gasteiger partial charge on any atom is 0.354 e. The SMILES string of the molecule is COC(=O)C1(C(=O)OC)O[C@H](c2ccc(C)cc2)O[C@@]12C(=O)c1ccccc1-c1ccccc12. The van der Waals surface area contributed by atoms with Crippen molar-refractivity contribution in [2.45, 2.75) is 24.4 Å². The van der Waals surface area contributed by atoms with Gasteiger partial charge in [0.15, 0.2) is 6.29 Å². The lowest BCUT2D eigenvalue weighted by atomic mass is 9.66. The topological polar surface area (TPSA) is 88.1 Å². The van der Waals surface area contributed by atoms with Crippen molar-refractivity contribution in [3.8, 4) is 11.1 Å². The second kappa shape index (κ2) is 7.90. The third kappa shape index (κ3) is 2.74. The molecule has 7 nitrogen and oxygen atoms in total. The first-order chi connectivity index (χ1) is 16.4. The zero-order chi connectivity index (χ0) is 24.1. The number of benzene rings is 3.